The maximum absolute atomic E-state index is 13.0. The van der Waals surface area contributed by atoms with E-state index in [-0.39, 0.29) is 24.2 Å². The zero-order valence-corrected chi connectivity index (χ0v) is 15.3. The first kappa shape index (κ1) is 18.4. The van der Waals surface area contributed by atoms with Gasteiger partial charge in [-0.15, -0.1) is 5.10 Å². The number of rotatable bonds is 7. The van der Waals surface area contributed by atoms with E-state index in [4.69, 9.17) is 4.74 Å². The van der Waals surface area contributed by atoms with Gasteiger partial charge >= 0.3 is 0 Å². The van der Waals surface area contributed by atoms with Crippen LogP contribution in [0.5, 0.6) is 5.75 Å². The van der Waals surface area contributed by atoms with Crippen LogP contribution in [0.25, 0.3) is 0 Å². The van der Waals surface area contributed by atoms with Crippen LogP contribution in [0.3, 0.4) is 0 Å². The number of hydrogen-bond donors (Lipinski definition) is 1. The minimum atomic E-state index is -0.428. The minimum absolute atomic E-state index is 0.159. The van der Waals surface area contributed by atoms with Gasteiger partial charge in [-0.3, -0.25) is 10.1 Å². The summed E-state index contributed by atoms with van der Waals surface area (Å²) in [6, 6.07) is 17.0. The summed E-state index contributed by atoms with van der Waals surface area (Å²) in [5, 5.41) is 11.0. The second-order valence-electron chi connectivity index (χ2n) is 6.17. The minimum Gasteiger partial charge on any atom is -0.471 e. The topological polar surface area (TPSA) is 86.9 Å². The maximum Gasteiger partial charge on any atom is 0.278 e. The summed E-state index contributed by atoms with van der Waals surface area (Å²) in [7, 11) is 0. The van der Waals surface area contributed by atoms with Crippen molar-refractivity contribution >= 4 is 11.9 Å². The van der Waals surface area contributed by atoms with E-state index < -0.39 is 5.91 Å². The van der Waals surface area contributed by atoms with Gasteiger partial charge in [0.1, 0.15) is 17.9 Å². The van der Waals surface area contributed by atoms with Gasteiger partial charge in [-0.05, 0) is 35.9 Å². The van der Waals surface area contributed by atoms with Crippen molar-refractivity contribution in [3.8, 4) is 5.75 Å². The van der Waals surface area contributed by atoms with Crippen LogP contribution in [0.1, 0.15) is 16.1 Å². The molecule has 0 spiro atoms. The lowest BCUT2D eigenvalue weighted by Crippen LogP contribution is -2.15. The third-order valence-corrected chi connectivity index (χ3v) is 4.00. The van der Waals surface area contributed by atoms with Gasteiger partial charge in [-0.2, -0.15) is 5.10 Å². The van der Waals surface area contributed by atoms with Crippen LogP contribution >= 0.6 is 0 Å². The monoisotopic (exact) mass is 392 g/mol. The van der Waals surface area contributed by atoms with Gasteiger partial charge in [0.2, 0.25) is 5.95 Å². The van der Waals surface area contributed by atoms with Gasteiger partial charge in [0, 0.05) is 6.20 Å². The lowest BCUT2D eigenvalue weighted by molar-refractivity contribution is 0.101. The molecule has 0 unspecified atom stereocenters. The zero-order chi connectivity index (χ0) is 20.1. The van der Waals surface area contributed by atoms with E-state index in [2.05, 4.69) is 20.5 Å². The van der Waals surface area contributed by atoms with E-state index in [1.165, 1.54) is 23.1 Å². The number of para-hydroxylation sites is 1. The standard InChI is InChI=1S/C20H17FN6O2/c21-16-8-6-15(7-9-16)12-27-13-22-20(25-27)23-19(28)18-10-11-26(24-18)14-29-17-4-2-1-3-5-17/h1-11,13H,12,14H2,(H,23,25,28). The second kappa shape index (κ2) is 8.34. The van der Waals surface area contributed by atoms with Gasteiger partial charge in [-0.25, -0.2) is 18.7 Å². The maximum atomic E-state index is 13.0. The molecule has 146 valence electrons. The summed E-state index contributed by atoms with van der Waals surface area (Å²) in [5.74, 6) is 0.147. The highest BCUT2D eigenvalue weighted by Crippen LogP contribution is 2.10. The third kappa shape index (κ3) is 4.83. The Morgan fingerprint density at radius 3 is 2.59 bits per heavy atom. The number of nitrogens with one attached hydrogen (secondary N) is 1. The molecule has 2 aromatic carbocycles. The fourth-order valence-corrected chi connectivity index (χ4v) is 2.58. The van der Waals surface area contributed by atoms with Crippen LogP contribution in [-0.2, 0) is 13.3 Å². The summed E-state index contributed by atoms with van der Waals surface area (Å²) in [6.45, 7) is 0.594. The molecule has 0 atom stereocenters. The largest absolute Gasteiger partial charge is 0.471 e. The van der Waals surface area contributed by atoms with Crippen LogP contribution in [0.2, 0.25) is 0 Å². The van der Waals surface area contributed by atoms with Gasteiger partial charge in [0.25, 0.3) is 5.91 Å². The van der Waals surface area contributed by atoms with Crippen LogP contribution in [0, 0.1) is 5.82 Å². The van der Waals surface area contributed by atoms with Crippen LogP contribution in [0.4, 0.5) is 10.3 Å². The molecule has 0 bridgehead atoms. The average molecular weight is 392 g/mol. The molecule has 1 amide bonds. The van der Waals surface area contributed by atoms with Crippen molar-refractivity contribution in [1.29, 1.82) is 0 Å². The molecule has 1 N–H and O–H groups in total. The van der Waals surface area contributed by atoms with Crippen molar-refractivity contribution in [2.24, 2.45) is 0 Å². The second-order valence-corrected chi connectivity index (χ2v) is 6.17. The number of nitrogens with zero attached hydrogens (tertiary/aromatic N) is 5. The molecule has 0 saturated heterocycles. The number of carbonyl (C=O) groups is 1. The van der Waals surface area contributed by atoms with E-state index >= 15 is 0 Å². The first-order chi connectivity index (χ1) is 14.2. The smallest absolute Gasteiger partial charge is 0.278 e. The van der Waals surface area contributed by atoms with Gasteiger partial charge in [0.05, 0.1) is 6.54 Å². The number of benzene rings is 2. The fraction of sp³-hybridized carbons (Fsp3) is 0.100. The van der Waals surface area contributed by atoms with Crippen molar-refractivity contribution in [3.05, 3.63) is 90.3 Å². The summed E-state index contributed by atoms with van der Waals surface area (Å²) < 4.78 is 21.6. The van der Waals surface area contributed by atoms with Crippen molar-refractivity contribution in [2.75, 3.05) is 5.32 Å². The Bertz CT molecular complexity index is 1090. The molecule has 9 heteroatoms. The number of halogens is 1. The molecule has 29 heavy (non-hydrogen) atoms. The van der Waals surface area contributed by atoms with E-state index in [1.54, 1.807) is 29.1 Å². The Kier molecular flexibility index (Phi) is 5.28. The Morgan fingerprint density at radius 1 is 1.00 bits per heavy atom. The van der Waals surface area contributed by atoms with Gasteiger partial charge < -0.3 is 4.74 Å². The average Bonchev–Trinajstić information content (AvgIpc) is 3.39. The van der Waals surface area contributed by atoms with Crippen molar-refractivity contribution in [3.63, 3.8) is 0 Å². The van der Waals surface area contributed by atoms with E-state index in [0.29, 0.717) is 12.3 Å². The van der Waals surface area contributed by atoms with E-state index in [0.717, 1.165) is 5.56 Å². The Hall–Kier alpha value is -4.01. The summed E-state index contributed by atoms with van der Waals surface area (Å²) in [5.41, 5.74) is 1.09. The summed E-state index contributed by atoms with van der Waals surface area (Å²) >= 11 is 0. The van der Waals surface area contributed by atoms with Crippen LogP contribution < -0.4 is 10.1 Å². The molecule has 2 heterocycles. The van der Waals surface area contributed by atoms with Crippen molar-refractivity contribution in [1.82, 2.24) is 24.5 Å². The molecule has 0 aliphatic heterocycles. The highest BCUT2D eigenvalue weighted by atomic mass is 19.1. The SMILES string of the molecule is O=C(Nc1ncn(Cc2ccc(F)cc2)n1)c1ccn(COc2ccccc2)n1. The first-order valence-electron chi connectivity index (χ1n) is 8.82. The van der Waals surface area contributed by atoms with E-state index in [9.17, 15) is 9.18 Å². The Balaban J connectivity index is 1.33. The summed E-state index contributed by atoms with van der Waals surface area (Å²) in [4.78, 5) is 16.4. The number of aromatic nitrogens is 5. The molecule has 0 saturated carbocycles. The van der Waals surface area contributed by atoms with Gasteiger partial charge in [0.15, 0.2) is 12.4 Å². The molecule has 0 aliphatic carbocycles. The number of hydrogen-bond acceptors (Lipinski definition) is 5. The molecule has 0 radical (unpaired) electrons. The Labute approximate surface area is 165 Å². The normalized spacial score (nSPS) is 10.7. The molecule has 8 nitrogen and oxygen atoms in total. The molecule has 0 fully saturated rings. The number of carbonyl (C=O) groups excluding carboxylic acids is 1. The van der Waals surface area contributed by atoms with Crippen LogP contribution in [-0.4, -0.2) is 30.5 Å². The lowest BCUT2D eigenvalue weighted by atomic mass is 10.2. The molecular weight excluding hydrogens is 375 g/mol. The first-order valence-corrected chi connectivity index (χ1v) is 8.82. The molecule has 0 aliphatic rings. The van der Waals surface area contributed by atoms with Crippen molar-refractivity contribution in [2.45, 2.75) is 13.3 Å². The molecule has 2 aromatic heterocycles. The lowest BCUT2D eigenvalue weighted by Gasteiger charge is -2.05. The molecule has 4 aromatic rings. The van der Waals surface area contributed by atoms with Gasteiger partial charge in [-0.1, -0.05) is 30.3 Å². The predicted molar refractivity (Wildman–Crippen MR) is 103 cm³/mol. The van der Waals surface area contributed by atoms with Crippen molar-refractivity contribution < 1.29 is 13.9 Å². The third-order valence-electron chi connectivity index (χ3n) is 4.00. The fourth-order valence-electron chi connectivity index (χ4n) is 2.58. The predicted octanol–water partition coefficient (Wildman–Crippen LogP) is 2.95. The zero-order valence-electron chi connectivity index (χ0n) is 15.3. The summed E-state index contributed by atoms with van der Waals surface area (Å²) in [6.07, 6.45) is 3.14. The van der Waals surface area contributed by atoms with E-state index in [1.807, 2.05) is 30.3 Å². The number of ether oxygens (including phenoxy) is 1. The molecule has 4 rings (SSSR count). The molecular formula is C20H17FN6O2. The number of anilines is 1. The van der Waals surface area contributed by atoms with Crippen LogP contribution in [0.15, 0.2) is 73.2 Å². The highest BCUT2D eigenvalue weighted by Gasteiger charge is 2.12. The quantitative estimate of drug-likeness (QED) is 0.523. The Morgan fingerprint density at radius 2 is 1.79 bits per heavy atom. The number of amides is 1. The highest BCUT2D eigenvalue weighted by molar-refractivity contribution is 6.01.